The van der Waals surface area contributed by atoms with Crippen LogP contribution in [0.3, 0.4) is 0 Å². The van der Waals surface area contributed by atoms with Gasteiger partial charge in [0.2, 0.25) is 6.10 Å². The summed E-state index contributed by atoms with van der Waals surface area (Å²) in [4.78, 5) is 27.0. The Morgan fingerprint density at radius 1 is 1.42 bits per heavy atom. The Labute approximate surface area is 117 Å². The maximum Gasteiger partial charge on any atom is 0.353 e. The molecule has 1 aliphatic heterocycles. The number of nitrogens with one attached hydrogen (secondary N) is 1. The molecule has 108 valence electrons. The van der Waals surface area contributed by atoms with Crippen LogP contribution in [0.4, 0.5) is 0 Å². The summed E-state index contributed by atoms with van der Waals surface area (Å²) < 4.78 is 0. The van der Waals surface area contributed by atoms with Crippen molar-refractivity contribution in [3.05, 3.63) is 0 Å². The molecule has 0 spiro atoms. The topological polar surface area (TPSA) is 88.0 Å². The lowest BCUT2D eigenvalue weighted by Gasteiger charge is -2.09. The van der Waals surface area contributed by atoms with E-state index in [9.17, 15) is 9.59 Å². The zero-order valence-corrected chi connectivity index (χ0v) is 11.9. The highest BCUT2D eigenvalue weighted by atomic mass is 32.2. The normalized spacial score (nSPS) is 17.7. The van der Waals surface area contributed by atoms with E-state index < -0.39 is 12.1 Å². The number of rotatable bonds is 9. The van der Waals surface area contributed by atoms with Gasteiger partial charge in [0.1, 0.15) is 0 Å². The molecule has 1 aliphatic rings. The van der Waals surface area contributed by atoms with E-state index >= 15 is 0 Å². The Hall–Kier alpha value is -1.24. The van der Waals surface area contributed by atoms with Crippen LogP contribution in [0.15, 0.2) is 5.16 Å². The molecule has 0 saturated heterocycles. The number of carboxylic acids is 1. The molecule has 0 aromatic heterocycles. The fraction of sp³-hybridized carbons (Fsp3) is 0.750. The fourth-order valence-electron chi connectivity index (χ4n) is 1.69. The van der Waals surface area contributed by atoms with Crippen molar-refractivity contribution in [2.45, 2.75) is 38.2 Å². The van der Waals surface area contributed by atoms with Crippen LogP contribution in [0.25, 0.3) is 0 Å². The SMILES string of the molecule is CSCCCCCCNC(=O)C1CC(C(=O)O)=NO1. The number of unbranched alkanes of at least 4 members (excludes halogenated alkanes) is 3. The molecule has 6 nitrogen and oxygen atoms in total. The zero-order valence-electron chi connectivity index (χ0n) is 11.1. The van der Waals surface area contributed by atoms with Crippen LogP contribution in [-0.4, -0.2) is 47.4 Å². The molecule has 1 amide bonds. The maximum atomic E-state index is 11.6. The second kappa shape index (κ2) is 8.79. The highest BCUT2D eigenvalue weighted by molar-refractivity contribution is 7.98. The Bertz CT molecular complexity index is 347. The predicted octanol–water partition coefficient (Wildman–Crippen LogP) is 1.26. The van der Waals surface area contributed by atoms with Gasteiger partial charge in [-0.2, -0.15) is 11.8 Å². The molecule has 1 heterocycles. The van der Waals surface area contributed by atoms with Crippen molar-refractivity contribution in [3.63, 3.8) is 0 Å². The van der Waals surface area contributed by atoms with Gasteiger partial charge in [-0.25, -0.2) is 4.79 Å². The number of oxime groups is 1. The van der Waals surface area contributed by atoms with E-state index in [4.69, 9.17) is 9.94 Å². The van der Waals surface area contributed by atoms with E-state index in [2.05, 4.69) is 16.7 Å². The standard InChI is InChI=1S/C12H20N2O4S/c1-19-7-5-3-2-4-6-13-11(15)10-8-9(12(16)17)14-18-10/h10H,2-8H2,1H3,(H,13,15)(H,16,17). The molecule has 7 heteroatoms. The molecule has 0 radical (unpaired) electrons. The van der Waals surface area contributed by atoms with Crippen molar-refractivity contribution < 1.29 is 19.5 Å². The van der Waals surface area contributed by atoms with E-state index in [0.29, 0.717) is 6.54 Å². The van der Waals surface area contributed by atoms with Gasteiger partial charge in [-0.15, -0.1) is 0 Å². The average molecular weight is 288 g/mol. The molecule has 0 aromatic rings. The van der Waals surface area contributed by atoms with E-state index in [-0.39, 0.29) is 18.0 Å². The Balaban J connectivity index is 2.05. The summed E-state index contributed by atoms with van der Waals surface area (Å²) in [5.41, 5.74) is -0.0998. The number of hydrogen-bond donors (Lipinski definition) is 2. The van der Waals surface area contributed by atoms with E-state index in [0.717, 1.165) is 12.8 Å². The molecule has 19 heavy (non-hydrogen) atoms. The number of carbonyl (C=O) groups is 2. The number of nitrogens with zero attached hydrogens (tertiary/aromatic N) is 1. The van der Waals surface area contributed by atoms with Gasteiger partial charge in [0.15, 0.2) is 5.71 Å². The van der Waals surface area contributed by atoms with Crippen molar-refractivity contribution in [3.8, 4) is 0 Å². The summed E-state index contributed by atoms with van der Waals surface area (Å²) >= 11 is 1.84. The molecule has 0 aliphatic carbocycles. The summed E-state index contributed by atoms with van der Waals surface area (Å²) in [5, 5.41) is 14.8. The average Bonchev–Trinajstić information content (AvgIpc) is 2.87. The molecule has 1 atom stereocenters. The molecule has 0 saturated carbocycles. The van der Waals surface area contributed by atoms with Crippen LogP contribution in [0, 0.1) is 0 Å². The minimum absolute atomic E-state index is 0.0366. The molecular weight excluding hydrogens is 268 g/mol. The Kier molecular flexibility index (Phi) is 7.32. The molecular formula is C12H20N2O4S. The van der Waals surface area contributed by atoms with E-state index in [1.165, 1.54) is 18.6 Å². The molecule has 0 bridgehead atoms. The Morgan fingerprint density at radius 2 is 2.16 bits per heavy atom. The zero-order chi connectivity index (χ0) is 14.1. The van der Waals surface area contributed by atoms with Crippen LogP contribution in [-0.2, 0) is 14.4 Å². The quantitative estimate of drug-likeness (QED) is 0.624. The number of amides is 1. The van der Waals surface area contributed by atoms with E-state index in [1.54, 1.807) is 0 Å². The van der Waals surface area contributed by atoms with Gasteiger partial charge in [-0.05, 0) is 24.9 Å². The highest BCUT2D eigenvalue weighted by Gasteiger charge is 2.31. The van der Waals surface area contributed by atoms with Crippen LogP contribution in [0.5, 0.6) is 0 Å². The first-order valence-electron chi connectivity index (χ1n) is 6.37. The fourth-order valence-corrected chi connectivity index (χ4v) is 2.19. The minimum atomic E-state index is -1.14. The van der Waals surface area contributed by atoms with Gasteiger partial charge < -0.3 is 15.3 Å². The van der Waals surface area contributed by atoms with Gasteiger partial charge >= 0.3 is 5.97 Å². The molecule has 1 rings (SSSR count). The summed E-state index contributed by atoms with van der Waals surface area (Å²) in [6.07, 6.45) is 5.73. The smallest absolute Gasteiger partial charge is 0.353 e. The summed E-state index contributed by atoms with van der Waals surface area (Å²) in [5.74, 6) is -0.245. The number of thioether (sulfide) groups is 1. The highest BCUT2D eigenvalue weighted by Crippen LogP contribution is 2.11. The summed E-state index contributed by atoms with van der Waals surface area (Å²) in [6.45, 7) is 0.598. The maximum absolute atomic E-state index is 11.6. The van der Waals surface area contributed by atoms with Crippen molar-refractivity contribution in [1.29, 1.82) is 0 Å². The second-order valence-corrected chi connectivity index (χ2v) is 5.32. The van der Waals surface area contributed by atoms with Gasteiger partial charge in [0.05, 0.1) is 0 Å². The van der Waals surface area contributed by atoms with Crippen LogP contribution < -0.4 is 5.32 Å². The van der Waals surface area contributed by atoms with Crippen molar-refractivity contribution >= 4 is 29.4 Å². The number of aliphatic carboxylic acids is 1. The van der Waals surface area contributed by atoms with Crippen molar-refractivity contribution in [1.82, 2.24) is 5.32 Å². The van der Waals surface area contributed by atoms with Crippen LogP contribution in [0.2, 0.25) is 0 Å². The third kappa shape index (κ3) is 5.96. The lowest BCUT2D eigenvalue weighted by atomic mass is 10.1. The monoisotopic (exact) mass is 288 g/mol. The lowest BCUT2D eigenvalue weighted by Crippen LogP contribution is -2.35. The van der Waals surface area contributed by atoms with E-state index in [1.807, 2.05) is 11.8 Å². The number of carbonyl (C=O) groups excluding carboxylic acids is 1. The van der Waals surface area contributed by atoms with Gasteiger partial charge in [0.25, 0.3) is 5.91 Å². The second-order valence-electron chi connectivity index (χ2n) is 4.34. The third-order valence-corrected chi connectivity index (χ3v) is 3.48. The third-order valence-electron chi connectivity index (χ3n) is 2.78. The lowest BCUT2D eigenvalue weighted by molar-refractivity contribution is -0.131. The van der Waals surface area contributed by atoms with Gasteiger partial charge in [-0.1, -0.05) is 18.0 Å². The first-order chi connectivity index (χ1) is 9.15. The largest absolute Gasteiger partial charge is 0.477 e. The molecule has 0 fully saturated rings. The molecule has 2 N–H and O–H groups in total. The first kappa shape index (κ1) is 15.8. The van der Waals surface area contributed by atoms with Gasteiger partial charge in [-0.3, -0.25) is 4.79 Å². The minimum Gasteiger partial charge on any atom is -0.477 e. The van der Waals surface area contributed by atoms with Crippen molar-refractivity contribution in [2.75, 3.05) is 18.6 Å². The van der Waals surface area contributed by atoms with Crippen LogP contribution >= 0.6 is 11.8 Å². The molecule has 1 unspecified atom stereocenters. The number of carboxylic acid groups (broad SMARTS) is 1. The van der Waals surface area contributed by atoms with Crippen molar-refractivity contribution in [2.24, 2.45) is 5.16 Å². The first-order valence-corrected chi connectivity index (χ1v) is 7.77. The number of hydrogen-bond acceptors (Lipinski definition) is 5. The van der Waals surface area contributed by atoms with Crippen LogP contribution in [0.1, 0.15) is 32.1 Å². The van der Waals surface area contributed by atoms with Gasteiger partial charge in [0, 0.05) is 13.0 Å². The summed E-state index contributed by atoms with van der Waals surface area (Å²) in [7, 11) is 0. The Morgan fingerprint density at radius 3 is 2.79 bits per heavy atom. The summed E-state index contributed by atoms with van der Waals surface area (Å²) in [6, 6.07) is 0. The molecule has 0 aromatic carbocycles. The predicted molar refractivity (Wildman–Crippen MR) is 74.4 cm³/mol.